The number of amides is 1. The van der Waals surface area contributed by atoms with E-state index in [1.54, 1.807) is 12.1 Å². The van der Waals surface area contributed by atoms with Crippen LogP contribution in [0, 0.1) is 5.82 Å². The predicted octanol–water partition coefficient (Wildman–Crippen LogP) is 4.73. The first-order valence-corrected chi connectivity index (χ1v) is 7.16. The number of rotatable bonds is 3. The van der Waals surface area contributed by atoms with Crippen LogP contribution in [0.3, 0.4) is 0 Å². The highest BCUT2D eigenvalue weighted by molar-refractivity contribution is 9.10. The molecule has 0 heterocycles. The van der Waals surface area contributed by atoms with Crippen LogP contribution in [0.1, 0.15) is 28.9 Å². The minimum absolute atomic E-state index is 0.199. The van der Waals surface area contributed by atoms with E-state index in [0.29, 0.717) is 9.50 Å². The second-order valence-electron chi connectivity index (χ2n) is 4.37. The summed E-state index contributed by atoms with van der Waals surface area (Å²) in [4.78, 5) is 12.1. The van der Waals surface area contributed by atoms with Crippen LogP contribution in [0.25, 0.3) is 0 Å². The monoisotopic (exact) mass is 355 g/mol. The zero-order valence-corrected chi connectivity index (χ0v) is 13.0. The Morgan fingerprint density at radius 2 is 1.90 bits per heavy atom. The van der Waals surface area contributed by atoms with Crippen molar-refractivity contribution in [1.82, 2.24) is 5.32 Å². The molecule has 1 N–H and O–H groups in total. The zero-order chi connectivity index (χ0) is 14.7. The first-order valence-electron chi connectivity index (χ1n) is 5.99. The van der Waals surface area contributed by atoms with Gasteiger partial charge in [-0.1, -0.05) is 23.7 Å². The highest BCUT2D eigenvalue weighted by Crippen LogP contribution is 2.20. The number of carbonyl (C=O) groups excluding carboxylic acids is 1. The van der Waals surface area contributed by atoms with Gasteiger partial charge < -0.3 is 5.32 Å². The lowest BCUT2D eigenvalue weighted by Crippen LogP contribution is -2.27. The van der Waals surface area contributed by atoms with Crippen molar-refractivity contribution in [3.8, 4) is 0 Å². The van der Waals surface area contributed by atoms with Crippen molar-refractivity contribution in [2.75, 3.05) is 0 Å². The molecule has 1 atom stereocenters. The summed E-state index contributed by atoms with van der Waals surface area (Å²) in [5.74, 6) is -0.781. The van der Waals surface area contributed by atoms with Crippen molar-refractivity contribution in [2.24, 2.45) is 0 Å². The van der Waals surface area contributed by atoms with Crippen LogP contribution in [-0.2, 0) is 0 Å². The Bertz CT molecular complexity index is 630. The molecule has 0 fully saturated rings. The highest BCUT2D eigenvalue weighted by Gasteiger charge is 2.14. The Kier molecular flexibility index (Phi) is 4.78. The molecule has 0 aliphatic rings. The number of hydrogen-bond acceptors (Lipinski definition) is 1. The summed E-state index contributed by atoms with van der Waals surface area (Å²) in [6.07, 6.45) is 0. The molecule has 5 heteroatoms. The van der Waals surface area contributed by atoms with Crippen molar-refractivity contribution in [3.05, 3.63) is 68.9 Å². The van der Waals surface area contributed by atoms with Gasteiger partial charge in [-0.2, -0.15) is 0 Å². The topological polar surface area (TPSA) is 29.1 Å². The molecule has 2 rings (SSSR count). The molecule has 0 saturated carbocycles. The maximum Gasteiger partial charge on any atom is 0.253 e. The summed E-state index contributed by atoms with van der Waals surface area (Å²) in [5.41, 5.74) is 1.20. The third-order valence-electron chi connectivity index (χ3n) is 2.89. The maximum atomic E-state index is 13.2. The lowest BCUT2D eigenvalue weighted by molar-refractivity contribution is 0.0938. The Hall–Kier alpha value is -1.39. The molecule has 0 bridgehead atoms. The predicted molar refractivity (Wildman–Crippen MR) is 81.4 cm³/mol. The van der Waals surface area contributed by atoms with Crippen LogP contribution in [0.4, 0.5) is 4.39 Å². The number of carbonyl (C=O) groups is 1. The lowest BCUT2D eigenvalue weighted by Gasteiger charge is -2.15. The molecule has 104 valence electrons. The molecule has 2 aromatic carbocycles. The summed E-state index contributed by atoms with van der Waals surface area (Å²) in [6.45, 7) is 1.86. The normalized spacial score (nSPS) is 12.0. The van der Waals surface area contributed by atoms with Gasteiger partial charge in [0.1, 0.15) is 5.82 Å². The van der Waals surface area contributed by atoms with Crippen LogP contribution in [0.2, 0.25) is 5.02 Å². The van der Waals surface area contributed by atoms with Gasteiger partial charge in [0.2, 0.25) is 0 Å². The fourth-order valence-corrected chi connectivity index (χ4v) is 2.33. The van der Waals surface area contributed by atoms with E-state index in [-0.39, 0.29) is 17.5 Å². The van der Waals surface area contributed by atoms with E-state index in [9.17, 15) is 9.18 Å². The van der Waals surface area contributed by atoms with E-state index in [1.165, 1.54) is 18.2 Å². The van der Waals surface area contributed by atoms with Crippen molar-refractivity contribution in [2.45, 2.75) is 13.0 Å². The zero-order valence-electron chi connectivity index (χ0n) is 10.7. The quantitative estimate of drug-likeness (QED) is 0.846. The smallest absolute Gasteiger partial charge is 0.253 e. The summed E-state index contributed by atoms with van der Waals surface area (Å²) < 4.78 is 13.8. The summed E-state index contributed by atoms with van der Waals surface area (Å²) in [5, 5.41) is 3.46. The van der Waals surface area contributed by atoms with Gasteiger partial charge in [-0.3, -0.25) is 4.79 Å². The molecule has 2 aromatic rings. The third kappa shape index (κ3) is 3.58. The molecule has 0 aliphatic carbocycles. The van der Waals surface area contributed by atoms with Gasteiger partial charge in [-0.25, -0.2) is 4.39 Å². The molecule has 0 radical (unpaired) electrons. The van der Waals surface area contributed by atoms with Gasteiger partial charge in [0, 0.05) is 9.50 Å². The van der Waals surface area contributed by atoms with Crippen LogP contribution in [-0.4, -0.2) is 5.91 Å². The van der Waals surface area contributed by atoms with Crippen LogP contribution in [0.5, 0.6) is 0 Å². The molecule has 0 unspecified atom stereocenters. The number of nitrogens with one attached hydrogen (secondary N) is 1. The fraction of sp³-hybridized carbons (Fsp3) is 0.133. The molecule has 0 saturated heterocycles. The lowest BCUT2D eigenvalue weighted by atomic mass is 10.1. The Balaban J connectivity index is 2.15. The van der Waals surface area contributed by atoms with E-state index in [0.717, 1.165) is 5.56 Å². The van der Waals surface area contributed by atoms with Crippen molar-refractivity contribution in [3.63, 3.8) is 0 Å². The minimum Gasteiger partial charge on any atom is -0.345 e. The number of halogens is 3. The molecule has 0 aromatic heterocycles. The third-order valence-corrected chi connectivity index (χ3v) is 3.83. The van der Waals surface area contributed by atoms with Crippen LogP contribution in [0.15, 0.2) is 46.9 Å². The number of benzene rings is 2. The Morgan fingerprint density at radius 3 is 2.55 bits per heavy atom. The SMILES string of the molecule is C[C@H](NC(=O)c1cc(F)ccc1Br)c1ccc(Cl)cc1. The summed E-state index contributed by atoms with van der Waals surface area (Å²) >= 11 is 9.06. The standard InChI is InChI=1S/C15H12BrClFNO/c1-9(10-2-4-11(17)5-3-10)19-15(20)13-8-12(18)6-7-14(13)16/h2-9H,1H3,(H,19,20)/t9-/m0/s1. The highest BCUT2D eigenvalue weighted by atomic mass is 79.9. The Morgan fingerprint density at radius 1 is 1.25 bits per heavy atom. The summed E-state index contributed by atoms with van der Waals surface area (Å²) in [7, 11) is 0. The van der Waals surface area contributed by atoms with Crippen molar-refractivity contribution < 1.29 is 9.18 Å². The van der Waals surface area contributed by atoms with E-state index < -0.39 is 5.82 Å². The van der Waals surface area contributed by atoms with E-state index in [2.05, 4.69) is 21.2 Å². The average Bonchev–Trinajstić information content (AvgIpc) is 2.42. The Labute approximate surface area is 130 Å². The summed E-state index contributed by atoms with van der Waals surface area (Å²) in [6, 6.07) is 11.0. The van der Waals surface area contributed by atoms with Crippen LogP contribution >= 0.6 is 27.5 Å². The van der Waals surface area contributed by atoms with Gasteiger partial charge >= 0.3 is 0 Å². The van der Waals surface area contributed by atoms with Gasteiger partial charge in [0.05, 0.1) is 11.6 Å². The second kappa shape index (κ2) is 6.37. The first kappa shape index (κ1) is 15.0. The molecule has 0 spiro atoms. The molecular formula is C15H12BrClFNO. The van der Waals surface area contributed by atoms with Gasteiger partial charge in [-0.15, -0.1) is 0 Å². The second-order valence-corrected chi connectivity index (χ2v) is 5.66. The molecule has 1 amide bonds. The molecule has 0 aliphatic heterocycles. The minimum atomic E-state index is -0.447. The van der Waals surface area contributed by atoms with Crippen molar-refractivity contribution in [1.29, 1.82) is 0 Å². The average molecular weight is 357 g/mol. The fourth-order valence-electron chi connectivity index (χ4n) is 1.78. The van der Waals surface area contributed by atoms with Crippen molar-refractivity contribution >= 4 is 33.4 Å². The van der Waals surface area contributed by atoms with E-state index in [4.69, 9.17) is 11.6 Å². The van der Waals surface area contributed by atoms with Crippen LogP contribution < -0.4 is 5.32 Å². The van der Waals surface area contributed by atoms with E-state index in [1.807, 2.05) is 19.1 Å². The molecular weight excluding hydrogens is 345 g/mol. The van der Waals surface area contributed by atoms with Gasteiger partial charge in [0.15, 0.2) is 0 Å². The molecule has 20 heavy (non-hydrogen) atoms. The number of hydrogen-bond donors (Lipinski definition) is 1. The maximum absolute atomic E-state index is 13.2. The first-order chi connectivity index (χ1) is 9.47. The van der Waals surface area contributed by atoms with Gasteiger partial charge in [0.25, 0.3) is 5.91 Å². The van der Waals surface area contributed by atoms with Gasteiger partial charge in [-0.05, 0) is 58.7 Å². The molecule has 2 nitrogen and oxygen atoms in total. The largest absolute Gasteiger partial charge is 0.345 e. The van der Waals surface area contributed by atoms with E-state index >= 15 is 0 Å².